The van der Waals surface area contributed by atoms with E-state index >= 15 is 0 Å². The predicted octanol–water partition coefficient (Wildman–Crippen LogP) is 3.78. The molecule has 1 heterocycles. The summed E-state index contributed by atoms with van der Waals surface area (Å²) in [6, 6.07) is 16.2. The zero-order chi connectivity index (χ0) is 15.1. The molecule has 0 radical (unpaired) electrons. The van der Waals surface area contributed by atoms with Crippen LogP contribution >= 0.6 is 0 Å². The van der Waals surface area contributed by atoms with Gasteiger partial charge in [0.25, 0.3) is 0 Å². The molecule has 3 aromatic rings. The van der Waals surface area contributed by atoms with Crippen molar-refractivity contribution >= 4 is 10.9 Å². The van der Waals surface area contributed by atoms with Crippen LogP contribution in [-0.2, 0) is 6.54 Å². The topological polar surface area (TPSA) is 34.9 Å². The van der Waals surface area contributed by atoms with E-state index in [2.05, 4.69) is 30.1 Å². The molecule has 22 heavy (non-hydrogen) atoms. The maximum Gasteiger partial charge on any atom is 0.348 e. The summed E-state index contributed by atoms with van der Waals surface area (Å²) in [5.74, 6) is 0.644. The van der Waals surface area contributed by atoms with Crippen LogP contribution in [0, 0.1) is 12.8 Å². The molecule has 0 amide bonds. The lowest BCUT2D eigenvalue weighted by atomic mass is 10.0. The van der Waals surface area contributed by atoms with E-state index in [1.807, 2.05) is 34.9 Å². The first-order chi connectivity index (χ1) is 10.7. The lowest BCUT2D eigenvalue weighted by Crippen LogP contribution is -2.25. The van der Waals surface area contributed by atoms with E-state index in [1.54, 1.807) is 0 Å². The van der Waals surface area contributed by atoms with Crippen LogP contribution in [0.1, 0.15) is 18.4 Å². The molecule has 0 unspecified atom stereocenters. The summed E-state index contributed by atoms with van der Waals surface area (Å²) in [5.41, 5.74) is 3.82. The van der Waals surface area contributed by atoms with E-state index < -0.39 is 0 Å². The Kier molecular flexibility index (Phi) is 3.07. The van der Waals surface area contributed by atoms with E-state index in [1.165, 1.54) is 18.4 Å². The van der Waals surface area contributed by atoms with E-state index in [4.69, 9.17) is 0 Å². The van der Waals surface area contributed by atoms with Crippen molar-refractivity contribution in [2.75, 3.05) is 0 Å². The van der Waals surface area contributed by atoms with Gasteiger partial charge >= 0.3 is 5.69 Å². The Balaban J connectivity index is 2.01. The maximum atomic E-state index is 12.6. The van der Waals surface area contributed by atoms with Gasteiger partial charge in [0, 0.05) is 17.5 Å². The number of aromatic nitrogens is 2. The second kappa shape index (κ2) is 5.09. The van der Waals surface area contributed by atoms with Crippen LogP contribution in [0.2, 0.25) is 0 Å². The third-order valence-electron chi connectivity index (χ3n) is 4.32. The summed E-state index contributed by atoms with van der Waals surface area (Å²) in [5, 5.41) is 1.05. The van der Waals surface area contributed by atoms with Gasteiger partial charge in [-0.05, 0) is 37.3 Å². The van der Waals surface area contributed by atoms with Crippen molar-refractivity contribution in [3.63, 3.8) is 0 Å². The number of aryl methyl sites for hydroxylation is 1. The van der Waals surface area contributed by atoms with Gasteiger partial charge in [-0.15, -0.1) is 0 Å². The Morgan fingerprint density at radius 3 is 2.64 bits per heavy atom. The third-order valence-corrected chi connectivity index (χ3v) is 4.32. The van der Waals surface area contributed by atoms with Crippen LogP contribution in [0.4, 0.5) is 0 Å². The van der Waals surface area contributed by atoms with E-state index in [-0.39, 0.29) is 5.69 Å². The first kappa shape index (κ1) is 13.3. The van der Waals surface area contributed by atoms with Gasteiger partial charge in [-0.3, -0.25) is 4.57 Å². The molecule has 1 fully saturated rings. The number of benzene rings is 2. The molecule has 1 aromatic heterocycles. The largest absolute Gasteiger partial charge is 0.348 e. The normalized spacial score (nSPS) is 14.4. The number of rotatable bonds is 3. The van der Waals surface area contributed by atoms with Gasteiger partial charge in [0.1, 0.15) is 0 Å². The van der Waals surface area contributed by atoms with Crippen LogP contribution in [-0.4, -0.2) is 9.55 Å². The predicted molar refractivity (Wildman–Crippen MR) is 88.9 cm³/mol. The van der Waals surface area contributed by atoms with Crippen molar-refractivity contribution in [1.29, 1.82) is 0 Å². The lowest BCUT2D eigenvalue weighted by Gasteiger charge is -2.13. The van der Waals surface area contributed by atoms with Crippen molar-refractivity contribution in [2.45, 2.75) is 26.3 Å². The Labute approximate surface area is 129 Å². The SMILES string of the molecule is Cc1ccc2c(-c3ccccc3)nc(=O)n(CC3CC3)c2c1. The maximum absolute atomic E-state index is 12.6. The first-order valence-corrected chi connectivity index (χ1v) is 7.79. The fourth-order valence-electron chi connectivity index (χ4n) is 2.94. The third kappa shape index (κ3) is 2.33. The molecule has 0 atom stereocenters. The molecule has 1 aliphatic carbocycles. The number of fused-ring (bicyclic) bond motifs is 1. The smallest absolute Gasteiger partial charge is 0.292 e. The molecule has 0 N–H and O–H groups in total. The first-order valence-electron chi connectivity index (χ1n) is 7.79. The van der Waals surface area contributed by atoms with E-state index in [9.17, 15) is 4.79 Å². The lowest BCUT2D eigenvalue weighted by molar-refractivity contribution is 0.614. The number of nitrogens with zero attached hydrogens (tertiary/aromatic N) is 2. The zero-order valence-corrected chi connectivity index (χ0v) is 12.6. The molecule has 4 rings (SSSR count). The summed E-state index contributed by atoms with van der Waals surface area (Å²) >= 11 is 0. The van der Waals surface area contributed by atoms with Crippen LogP contribution in [0.15, 0.2) is 53.3 Å². The quantitative estimate of drug-likeness (QED) is 0.735. The van der Waals surface area contributed by atoms with Crippen LogP contribution < -0.4 is 5.69 Å². The van der Waals surface area contributed by atoms with Crippen molar-refractivity contribution in [2.24, 2.45) is 5.92 Å². The Hall–Kier alpha value is -2.42. The fraction of sp³-hybridized carbons (Fsp3) is 0.263. The zero-order valence-electron chi connectivity index (χ0n) is 12.6. The Morgan fingerprint density at radius 2 is 1.91 bits per heavy atom. The van der Waals surface area contributed by atoms with Gasteiger partial charge in [-0.2, -0.15) is 4.98 Å². The molecular formula is C19H18N2O. The number of hydrogen-bond acceptors (Lipinski definition) is 2. The highest BCUT2D eigenvalue weighted by molar-refractivity contribution is 5.92. The second-order valence-electron chi connectivity index (χ2n) is 6.18. The standard InChI is InChI=1S/C19H18N2O/c1-13-7-10-16-17(11-13)21(12-14-8-9-14)19(22)20-18(16)15-5-3-2-4-6-15/h2-7,10-11,14H,8-9,12H2,1H3. The second-order valence-corrected chi connectivity index (χ2v) is 6.18. The molecule has 0 saturated heterocycles. The molecule has 0 bridgehead atoms. The molecule has 3 heteroatoms. The molecule has 3 nitrogen and oxygen atoms in total. The Bertz CT molecular complexity index is 892. The van der Waals surface area contributed by atoms with Gasteiger partial charge < -0.3 is 0 Å². The van der Waals surface area contributed by atoms with Gasteiger partial charge in [0.05, 0.1) is 11.2 Å². The average molecular weight is 290 g/mol. The minimum atomic E-state index is -0.135. The fourth-order valence-corrected chi connectivity index (χ4v) is 2.94. The highest BCUT2D eigenvalue weighted by Gasteiger charge is 2.24. The molecule has 0 spiro atoms. The summed E-state index contributed by atoms with van der Waals surface area (Å²) in [7, 11) is 0. The van der Waals surface area contributed by atoms with Crippen molar-refractivity contribution in [3.8, 4) is 11.3 Å². The van der Waals surface area contributed by atoms with Gasteiger partial charge in [0.2, 0.25) is 0 Å². The summed E-state index contributed by atoms with van der Waals surface area (Å²) in [6.07, 6.45) is 2.44. The highest BCUT2D eigenvalue weighted by atomic mass is 16.1. The average Bonchev–Trinajstić information content (AvgIpc) is 3.35. The molecule has 1 saturated carbocycles. The van der Waals surface area contributed by atoms with E-state index in [0.29, 0.717) is 5.92 Å². The molecule has 110 valence electrons. The molecular weight excluding hydrogens is 272 g/mol. The summed E-state index contributed by atoms with van der Waals surface area (Å²) in [4.78, 5) is 16.9. The summed E-state index contributed by atoms with van der Waals surface area (Å²) < 4.78 is 1.85. The molecule has 2 aromatic carbocycles. The number of hydrogen-bond donors (Lipinski definition) is 0. The molecule has 1 aliphatic rings. The minimum Gasteiger partial charge on any atom is -0.292 e. The van der Waals surface area contributed by atoms with Crippen molar-refractivity contribution in [3.05, 3.63) is 64.6 Å². The molecule has 0 aliphatic heterocycles. The highest BCUT2D eigenvalue weighted by Crippen LogP contribution is 2.32. The summed E-state index contributed by atoms with van der Waals surface area (Å²) in [6.45, 7) is 2.86. The van der Waals surface area contributed by atoms with Crippen LogP contribution in [0.3, 0.4) is 0 Å². The van der Waals surface area contributed by atoms with Gasteiger partial charge in [-0.25, -0.2) is 4.79 Å². The monoisotopic (exact) mass is 290 g/mol. The van der Waals surface area contributed by atoms with Crippen molar-refractivity contribution in [1.82, 2.24) is 9.55 Å². The minimum absolute atomic E-state index is 0.135. The Morgan fingerprint density at radius 1 is 1.14 bits per heavy atom. The van der Waals surface area contributed by atoms with Gasteiger partial charge in [0.15, 0.2) is 0 Å². The van der Waals surface area contributed by atoms with Crippen molar-refractivity contribution < 1.29 is 0 Å². The van der Waals surface area contributed by atoms with Gasteiger partial charge in [-0.1, -0.05) is 42.5 Å². The van der Waals surface area contributed by atoms with Crippen LogP contribution in [0.5, 0.6) is 0 Å². The van der Waals surface area contributed by atoms with E-state index in [0.717, 1.165) is 28.7 Å². The van der Waals surface area contributed by atoms with Crippen LogP contribution in [0.25, 0.3) is 22.2 Å².